The number of hydrogen-bond acceptors (Lipinski definition) is 4. The van der Waals surface area contributed by atoms with E-state index in [1.54, 1.807) is 30.6 Å². The van der Waals surface area contributed by atoms with Gasteiger partial charge in [0, 0.05) is 18.9 Å². The Labute approximate surface area is 130 Å². The highest BCUT2D eigenvalue weighted by atomic mass is 32.1. The van der Waals surface area contributed by atoms with E-state index >= 15 is 0 Å². The van der Waals surface area contributed by atoms with Crippen molar-refractivity contribution in [3.05, 3.63) is 64.8 Å². The van der Waals surface area contributed by atoms with Crippen molar-refractivity contribution in [1.82, 2.24) is 10.3 Å². The van der Waals surface area contributed by atoms with Crippen molar-refractivity contribution in [2.24, 2.45) is 0 Å². The average Bonchev–Trinajstić information content (AvgIpc) is 2.97. The number of fused-ring (bicyclic) bond motifs is 1. The molecule has 2 N–H and O–H groups in total. The number of thiophene rings is 1. The molecule has 6 heteroatoms. The lowest BCUT2D eigenvalue weighted by atomic mass is 10.1. The molecule has 0 spiro atoms. The Bertz CT molecular complexity index is 824. The van der Waals surface area contributed by atoms with E-state index in [4.69, 9.17) is 5.11 Å². The fourth-order valence-corrected chi connectivity index (χ4v) is 3.03. The topological polar surface area (TPSA) is 79.3 Å². The fourth-order valence-electron chi connectivity index (χ4n) is 2.08. The second kappa shape index (κ2) is 5.95. The molecule has 0 aliphatic rings. The highest BCUT2D eigenvalue weighted by Crippen LogP contribution is 2.24. The number of carbonyl (C=O) groups is 2. The second-order valence-electron chi connectivity index (χ2n) is 4.71. The average molecular weight is 312 g/mol. The van der Waals surface area contributed by atoms with Crippen LogP contribution in [0.5, 0.6) is 0 Å². The molecule has 0 saturated carbocycles. The number of nitrogens with zero attached hydrogens (tertiary/aromatic N) is 1. The first-order chi connectivity index (χ1) is 10.6. The number of carbonyl (C=O) groups excluding carboxylic acids is 1. The summed E-state index contributed by atoms with van der Waals surface area (Å²) in [5.74, 6) is -1.16. The predicted molar refractivity (Wildman–Crippen MR) is 84.2 cm³/mol. The van der Waals surface area contributed by atoms with Gasteiger partial charge >= 0.3 is 5.97 Å². The number of amides is 1. The number of hydrogen-bond donors (Lipinski definition) is 2. The van der Waals surface area contributed by atoms with Crippen molar-refractivity contribution in [2.75, 3.05) is 0 Å². The van der Waals surface area contributed by atoms with Crippen LogP contribution in [0, 0.1) is 0 Å². The summed E-state index contributed by atoms with van der Waals surface area (Å²) >= 11 is 1.38. The van der Waals surface area contributed by atoms with E-state index in [-0.39, 0.29) is 18.0 Å². The summed E-state index contributed by atoms with van der Waals surface area (Å²) in [5.41, 5.74) is 0.954. The van der Waals surface area contributed by atoms with E-state index < -0.39 is 5.97 Å². The van der Waals surface area contributed by atoms with Crippen LogP contribution in [0.1, 0.15) is 25.6 Å². The number of pyridine rings is 1. The van der Waals surface area contributed by atoms with E-state index in [0.717, 1.165) is 15.6 Å². The van der Waals surface area contributed by atoms with Crippen molar-refractivity contribution in [3.8, 4) is 0 Å². The van der Waals surface area contributed by atoms with Gasteiger partial charge in [-0.3, -0.25) is 9.78 Å². The van der Waals surface area contributed by atoms with Crippen LogP contribution >= 0.6 is 11.3 Å². The van der Waals surface area contributed by atoms with Crippen LogP contribution in [-0.2, 0) is 6.54 Å². The van der Waals surface area contributed by atoms with Crippen LogP contribution in [0.2, 0.25) is 0 Å². The Hall–Kier alpha value is -2.73. The summed E-state index contributed by atoms with van der Waals surface area (Å²) in [7, 11) is 0. The standard InChI is InChI=1S/C16H12N2O3S/c19-15(13-7-11-4-5-17-9-14(11)22-13)18-8-10-2-1-3-12(6-10)16(20)21/h1-7,9H,8H2,(H,18,19)(H,20,21). The van der Waals surface area contributed by atoms with Crippen molar-refractivity contribution < 1.29 is 14.7 Å². The third-order valence-electron chi connectivity index (χ3n) is 3.17. The Balaban J connectivity index is 1.72. The Morgan fingerprint density at radius 1 is 1.23 bits per heavy atom. The molecule has 1 amide bonds. The van der Waals surface area contributed by atoms with E-state index in [2.05, 4.69) is 10.3 Å². The fraction of sp³-hybridized carbons (Fsp3) is 0.0625. The van der Waals surface area contributed by atoms with Gasteiger partial charge in [0.2, 0.25) is 0 Å². The van der Waals surface area contributed by atoms with Crippen molar-refractivity contribution >= 4 is 33.3 Å². The monoisotopic (exact) mass is 312 g/mol. The first-order valence-electron chi connectivity index (χ1n) is 6.57. The molecular formula is C16H12N2O3S. The van der Waals surface area contributed by atoms with E-state index in [0.29, 0.717) is 4.88 Å². The minimum Gasteiger partial charge on any atom is -0.478 e. The van der Waals surface area contributed by atoms with Gasteiger partial charge < -0.3 is 10.4 Å². The molecular weight excluding hydrogens is 300 g/mol. The first-order valence-corrected chi connectivity index (χ1v) is 7.39. The molecule has 0 radical (unpaired) electrons. The number of carboxylic acids is 1. The van der Waals surface area contributed by atoms with Crippen molar-refractivity contribution in [3.63, 3.8) is 0 Å². The van der Waals surface area contributed by atoms with Crippen LogP contribution < -0.4 is 5.32 Å². The molecule has 3 aromatic rings. The lowest BCUT2D eigenvalue weighted by molar-refractivity contribution is 0.0696. The second-order valence-corrected chi connectivity index (χ2v) is 5.80. The zero-order valence-electron chi connectivity index (χ0n) is 11.4. The van der Waals surface area contributed by atoms with Gasteiger partial charge in [-0.25, -0.2) is 4.79 Å². The van der Waals surface area contributed by atoms with E-state index in [1.165, 1.54) is 17.4 Å². The summed E-state index contributed by atoms with van der Waals surface area (Å²) in [6.45, 7) is 0.284. The number of aromatic nitrogens is 1. The number of benzene rings is 1. The molecule has 0 fully saturated rings. The molecule has 2 aromatic heterocycles. The van der Waals surface area contributed by atoms with Crippen LogP contribution in [0.25, 0.3) is 10.1 Å². The Morgan fingerprint density at radius 3 is 2.86 bits per heavy atom. The van der Waals surface area contributed by atoms with Gasteiger partial charge in [0.25, 0.3) is 5.91 Å². The summed E-state index contributed by atoms with van der Waals surface area (Å²) in [5, 5.41) is 12.7. The maximum atomic E-state index is 12.2. The molecule has 1 aromatic carbocycles. The number of carboxylic acid groups (broad SMARTS) is 1. The molecule has 0 aliphatic heterocycles. The van der Waals surface area contributed by atoms with Crippen molar-refractivity contribution in [1.29, 1.82) is 0 Å². The number of aromatic carboxylic acids is 1. The van der Waals surface area contributed by atoms with Gasteiger partial charge in [0.15, 0.2) is 0 Å². The van der Waals surface area contributed by atoms with Gasteiger partial charge in [-0.2, -0.15) is 0 Å². The smallest absolute Gasteiger partial charge is 0.335 e. The van der Waals surface area contributed by atoms with Gasteiger partial charge in [0.1, 0.15) is 0 Å². The summed E-state index contributed by atoms with van der Waals surface area (Å²) in [6.07, 6.45) is 3.42. The largest absolute Gasteiger partial charge is 0.478 e. The van der Waals surface area contributed by atoms with E-state index in [9.17, 15) is 9.59 Å². The van der Waals surface area contributed by atoms with Crippen molar-refractivity contribution in [2.45, 2.75) is 6.54 Å². The molecule has 0 unspecified atom stereocenters. The summed E-state index contributed by atoms with van der Waals surface area (Å²) in [6, 6.07) is 10.2. The third-order valence-corrected chi connectivity index (χ3v) is 4.26. The zero-order valence-corrected chi connectivity index (χ0v) is 12.3. The minimum atomic E-state index is -0.981. The molecule has 3 rings (SSSR count). The summed E-state index contributed by atoms with van der Waals surface area (Å²) in [4.78, 5) is 27.7. The highest BCUT2D eigenvalue weighted by molar-refractivity contribution is 7.20. The Morgan fingerprint density at radius 2 is 2.09 bits per heavy atom. The predicted octanol–water partition coefficient (Wildman–Crippen LogP) is 2.92. The lowest BCUT2D eigenvalue weighted by Crippen LogP contribution is -2.21. The molecule has 110 valence electrons. The number of nitrogens with one attached hydrogen (secondary N) is 1. The molecule has 0 bridgehead atoms. The molecule has 2 heterocycles. The summed E-state index contributed by atoms with van der Waals surface area (Å²) < 4.78 is 0.959. The van der Waals surface area contributed by atoms with Crippen LogP contribution in [0.3, 0.4) is 0 Å². The van der Waals surface area contributed by atoms with Gasteiger partial charge in [-0.1, -0.05) is 12.1 Å². The van der Waals surface area contributed by atoms with Gasteiger partial charge in [-0.05, 0) is 35.2 Å². The quantitative estimate of drug-likeness (QED) is 0.776. The highest BCUT2D eigenvalue weighted by Gasteiger charge is 2.10. The number of rotatable bonds is 4. The van der Waals surface area contributed by atoms with Crippen LogP contribution in [-0.4, -0.2) is 22.0 Å². The van der Waals surface area contributed by atoms with Crippen LogP contribution in [0.15, 0.2) is 48.8 Å². The molecule has 0 aliphatic carbocycles. The lowest BCUT2D eigenvalue weighted by Gasteiger charge is -2.04. The zero-order chi connectivity index (χ0) is 15.5. The SMILES string of the molecule is O=C(O)c1cccc(CNC(=O)c2cc3ccncc3s2)c1. The maximum Gasteiger partial charge on any atom is 0.335 e. The van der Waals surface area contributed by atoms with E-state index in [1.807, 2.05) is 12.1 Å². The minimum absolute atomic E-state index is 0.179. The molecule has 0 saturated heterocycles. The third kappa shape index (κ3) is 2.96. The first kappa shape index (κ1) is 14.2. The maximum absolute atomic E-state index is 12.2. The molecule has 22 heavy (non-hydrogen) atoms. The molecule has 0 atom stereocenters. The van der Waals surface area contributed by atoms with Gasteiger partial charge in [-0.15, -0.1) is 11.3 Å². The Kier molecular flexibility index (Phi) is 3.84. The van der Waals surface area contributed by atoms with Crippen LogP contribution in [0.4, 0.5) is 0 Å². The van der Waals surface area contributed by atoms with Gasteiger partial charge in [0.05, 0.1) is 15.1 Å². The normalized spacial score (nSPS) is 10.5. The molecule has 5 nitrogen and oxygen atoms in total.